The Kier molecular flexibility index (Phi) is 3.87. The van der Waals surface area contributed by atoms with Gasteiger partial charge in [0.05, 0.1) is 12.7 Å². The highest BCUT2D eigenvalue weighted by molar-refractivity contribution is 6.29. The van der Waals surface area contributed by atoms with Gasteiger partial charge in [-0.1, -0.05) is 31.4 Å². The van der Waals surface area contributed by atoms with Crippen LogP contribution in [0.15, 0.2) is 6.20 Å². The second-order valence-corrected chi connectivity index (χ2v) is 5.11. The van der Waals surface area contributed by atoms with E-state index in [1.807, 2.05) is 11.6 Å². The first-order chi connectivity index (χ1) is 7.70. The van der Waals surface area contributed by atoms with Crippen molar-refractivity contribution in [2.24, 2.45) is 13.0 Å². The summed E-state index contributed by atoms with van der Waals surface area (Å²) in [7, 11) is 1.95. The van der Waals surface area contributed by atoms with Crippen LogP contribution in [0.2, 0.25) is 5.15 Å². The molecule has 1 saturated carbocycles. The summed E-state index contributed by atoms with van der Waals surface area (Å²) in [6.07, 6.45) is 7.06. The van der Waals surface area contributed by atoms with Crippen molar-refractivity contribution >= 4 is 11.6 Å². The van der Waals surface area contributed by atoms with Gasteiger partial charge in [-0.3, -0.25) is 0 Å². The van der Waals surface area contributed by atoms with E-state index in [0.717, 1.165) is 18.3 Å². The molecular formula is C12H20ClN3. The van der Waals surface area contributed by atoms with Crippen LogP contribution in [-0.2, 0) is 13.6 Å². The van der Waals surface area contributed by atoms with Gasteiger partial charge in [0.2, 0.25) is 0 Å². The van der Waals surface area contributed by atoms with Crippen LogP contribution in [0, 0.1) is 5.92 Å². The van der Waals surface area contributed by atoms with Gasteiger partial charge in [0, 0.05) is 13.1 Å². The third-order valence-corrected chi connectivity index (χ3v) is 3.74. The van der Waals surface area contributed by atoms with Gasteiger partial charge in [-0.15, -0.1) is 0 Å². The summed E-state index contributed by atoms with van der Waals surface area (Å²) in [5.41, 5.74) is 0. The van der Waals surface area contributed by atoms with Crippen molar-refractivity contribution in [3.05, 3.63) is 17.2 Å². The Balaban J connectivity index is 1.82. The normalized spacial score (nSPS) is 17.7. The van der Waals surface area contributed by atoms with Crippen LogP contribution in [0.1, 0.15) is 38.4 Å². The maximum Gasteiger partial charge on any atom is 0.128 e. The van der Waals surface area contributed by atoms with Crippen LogP contribution in [0.3, 0.4) is 0 Å². The van der Waals surface area contributed by atoms with Crippen molar-refractivity contribution in [3.8, 4) is 0 Å². The predicted molar refractivity (Wildman–Crippen MR) is 66.5 cm³/mol. The second-order valence-electron chi connectivity index (χ2n) is 4.72. The maximum absolute atomic E-state index is 5.95. The molecule has 0 bridgehead atoms. The summed E-state index contributed by atoms with van der Waals surface area (Å²) in [6, 6.07) is 0.628. The Morgan fingerprint density at radius 2 is 2.38 bits per heavy atom. The fraction of sp³-hybridized carbons (Fsp3) is 0.750. The van der Waals surface area contributed by atoms with Crippen LogP contribution in [-0.4, -0.2) is 15.6 Å². The molecule has 16 heavy (non-hydrogen) atoms. The van der Waals surface area contributed by atoms with Gasteiger partial charge in [-0.25, -0.2) is 4.98 Å². The van der Waals surface area contributed by atoms with Crippen molar-refractivity contribution in [3.63, 3.8) is 0 Å². The molecule has 0 amide bonds. The summed E-state index contributed by atoms with van der Waals surface area (Å²) in [5.74, 6) is 1.99. The molecule has 1 aromatic heterocycles. The van der Waals surface area contributed by atoms with Gasteiger partial charge in [0.1, 0.15) is 11.0 Å². The zero-order chi connectivity index (χ0) is 11.5. The molecule has 3 nitrogen and oxygen atoms in total. The SMILES string of the molecule is CCC(CC1CC1)NCc1ncc(Cl)n1C. The zero-order valence-electron chi connectivity index (χ0n) is 10.0. The Morgan fingerprint density at radius 3 is 2.88 bits per heavy atom. The van der Waals surface area contributed by atoms with Gasteiger partial charge in [-0.2, -0.15) is 0 Å². The molecule has 0 radical (unpaired) electrons. The van der Waals surface area contributed by atoms with Gasteiger partial charge < -0.3 is 9.88 Å². The molecule has 4 heteroatoms. The van der Waals surface area contributed by atoms with E-state index in [-0.39, 0.29) is 0 Å². The van der Waals surface area contributed by atoms with Gasteiger partial charge in [0.15, 0.2) is 0 Å². The molecule has 1 aromatic rings. The largest absolute Gasteiger partial charge is 0.321 e. The zero-order valence-corrected chi connectivity index (χ0v) is 10.8. The maximum atomic E-state index is 5.95. The topological polar surface area (TPSA) is 29.9 Å². The number of imidazole rings is 1. The standard InChI is InChI=1S/C12H20ClN3/c1-3-10(6-9-4-5-9)14-8-12-15-7-11(13)16(12)2/h7,9-10,14H,3-6,8H2,1-2H3. The number of nitrogens with zero attached hydrogens (tertiary/aromatic N) is 2. The first kappa shape index (κ1) is 11.9. The van der Waals surface area contributed by atoms with Crippen molar-refractivity contribution in [2.75, 3.05) is 0 Å². The summed E-state index contributed by atoms with van der Waals surface area (Å²) >= 11 is 5.95. The first-order valence-electron chi connectivity index (χ1n) is 6.10. The molecule has 2 rings (SSSR count). The third kappa shape index (κ3) is 2.98. The quantitative estimate of drug-likeness (QED) is 0.830. The summed E-state index contributed by atoms with van der Waals surface area (Å²) < 4.78 is 1.93. The number of halogens is 1. The molecule has 0 spiro atoms. The Hall–Kier alpha value is -0.540. The van der Waals surface area contributed by atoms with Crippen LogP contribution in [0.25, 0.3) is 0 Å². The van der Waals surface area contributed by atoms with Crippen molar-refractivity contribution < 1.29 is 0 Å². The van der Waals surface area contributed by atoms with Crippen LogP contribution in [0.4, 0.5) is 0 Å². The summed E-state index contributed by atoms with van der Waals surface area (Å²) in [5, 5.41) is 4.27. The average Bonchev–Trinajstić information content (AvgIpc) is 3.04. The number of rotatable bonds is 6. The number of hydrogen-bond donors (Lipinski definition) is 1. The molecule has 0 aliphatic heterocycles. The van der Waals surface area contributed by atoms with Crippen molar-refractivity contribution in [1.29, 1.82) is 0 Å². The molecule has 1 aliphatic rings. The van der Waals surface area contributed by atoms with E-state index in [0.29, 0.717) is 11.2 Å². The van der Waals surface area contributed by atoms with Crippen LogP contribution in [0.5, 0.6) is 0 Å². The molecule has 1 fully saturated rings. The highest BCUT2D eigenvalue weighted by Gasteiger charge is 2.24. The molecular weight excluding hydrogens is 222 g/mol. The molecule has 0 aromatic carbocycles. The molecule has 1 N–H and O–H groups in total. The Morgan fingerprint density at radius 1 is 1.62 bits per heavy atom. The minimum Gasteiger partial charge on any atom is -0.321 e. The number of aromatic nitrogens is 2. The number of nitrogens with one attached hydrogen (secondary N) is 1. The molecule has 1 aliphatic carbocycles. The van der Waals surface area contributed by atoms with E-state index in [9.17, 15) is 0 Å². The highest BCUT2D eigenvalue weighted by atomic mass is 35.5. The van der Waals surface area contributed by atoms with Crippen LogP contribution >= 0.6 is 11.6 Å². The predicted octanol–water partition coefficient (Wildman–Crippen LogP) is 2.74. The van der Waals surface area contributed by atoms with E-state index in [1.54, 1.807) is 6.20 Å². The molecule has 1 heterocycles. The average molecular weight is 242 g/mol. The molecule has 1 unspecified atom stereocenters. The van der Waals surface area contributed by atoms with E-state index in [2.05, 4.69) is 17.2 Å². The van der Waals surface area contributed by atoms with E-state index >= 15 is 0 Å². The van der Waals surface area contributed by atoms with E-state index in [4.69, 9.17) is 11.6 Å². The van der Waals surface area contributed by atoms with E-state index < -0.39 is 0 Å². The Labute approximate surface area is 102 Å². The lowest BCUT2D eigenvalue weighted by atomic mass is 10.1. The highest BCUT2D eigenvalue weighted by Crippen LogP contribution is 2.34. The third-order valence-electron chi connectivity index (χ3n) is 3.38. The van der Waals surface area contributed by atoms with Crippen molar-refractivity contribution in [2.45, 2.75) is 45.2 Å². The minimum absolute atomic E-state index is 0.628. The number of hydrogen-bond acceptors (Lipinski definition) is 2. The fourth-order valence-electron chi connectivity index (χ4n) is 1.97. The fourth-order valence-corrected chi connectivity index (χ4v) is 2.12. The smallest absolute Gasteiger partial charge is 0.128 e. The summed E-state index contributed by atoms with van der Waals surface area (Å²) in [4.78, 5) is 4.28. The monoisotopic (exact) mass is 241 g/mol. The lowest BCUT2D eigenvalue weighted by Gasteiger charge is -2.16. The van der Waals surface area contributed by atoms with Crippen molar-refractivity contribution in [1.82, 2.24) is 14.9 Å². The van der Waals surface area contributed by atoms with E-state index in [1.165, 1.54) is 25.7 Å². The summed E-state index contributed by atoms with van der Waals surface area (Å²) in [6.45, 7) is 3.06. The minimum atomic E-state index is 0.628. The molecule has 90 valence electrons. The second kappa shape index (κ2) is 5.19. The van der Waals surface area contributed by atoms with Gasteiger partial charge in [-0.05, 0) is 18.8 Å². The lowest BCUT2D eigenvalue weighted by Crippen LogP contribution is -2.29. The molecule has 1 atom stereocenters. The van der Waals surface area contributed by atoms with Crippen LogP contribution < -0.4 is 5.32 Å². The van der Waals surface area contributed by atoms with Gasteiger partial charge >= 0.3 is 0 Å². The first-order valence-corrected chi connectivity index (χ1v) is 6.48. The van der Waals surface area contributed by atoms with Gasteiger partial charge in [0.25, 0.3) is 0 Å². The lowest BCUT2D eigenvalue weighted by molar-refractivity contribution is 0.436. The molecule has 0 saturated heterocycles. The Bertz CT molecular complexity index is 344.